The molecule has 5 nitrogen and oxygen atoms in total. The summed E-state index contributed by atoms with van der Waals surface area (Å²) in [4.78, 5) is 32.6. The first kappa shape index (κ1) is 29.6. The highest BCUT2D eigenvalue weighted by molar-refractivity contribution is 5.92. The zero-order chi connectivity index (χ0) is 23.2. The third kappa shape index (κ3) is 20.3. The van der Waals surface area contributed by atoms with Crippen molar-refractivity contribution in [2.75, 3.05) is 0 Å². The Morgan fingerprint density at radius 2 is 1.00 bits per heavy atom. The highest BCUT2D eigenvalue weighted by Gasteiger charge is 2.24. The van der Waals surface area contributed by atoms with Gasteiger partial charge in [0.1, 0.15) is 5.78 Å². The van der Waals surface area contributed by atoms with Crippen molar-refractivity contribution in [3.05, 3.63) is 0 Å². The smallest absolute Gasteiger partial charge is 0.317 e. The van der Waals surface area contributed by atoms with Crippen LogP contribution in [0.15, 0.2) is 0 Å². The maximum atomic E-state index is 11.3. The summed E-state index contributed by atoms with van der Waals surface area (Å²) in [5.74, 6) is -3.17. The topological polar surface area (TPSA) is 91.7 Å². The Morgan fingerprint density at radius 1 is 0.645 bits per heavy atom. The lowest BCUT2D eigenvalue weighted by Crippen LogP contribution is -2.23. The zero-order valence-electron chi connectivity index (χ0n) is 20.0. The monoisotopic (exact) mass is 440 g/mol. The highest BCUT2D eigenvalue weighted by atomic mass is 16.4. The number of unbranched alkanes of at least 4 members (excludes halogenated alkanes) is 8. The lowest BCUT2D eigenvalue weighted by atomic mass is 10.00. The Labute approximate surface area is 190 Å². The zero-order valence-corrected chi connectivity index (χ0v) is 20.0. The van der Waals surface area contributed by atoms with E-state index in [0.29, 0.717) is 12.2 Å². The van der Waals surface area contributed by atoms with Gasteiger partial charge in [0.2, 0.25) is 0 Å². The average molecular weight is 441 g/mol. The van der Waals surface area contributed by atoms with Crippen molar-refractivity contribution >= 4 is 17.7 Å². The molecule has 0 atom stereocenters. The van der Waals surface area contributed by atoms with E-state index >= 15 is 0 Å². The van der Waals surface area contributed by atoms with Crippen molar-refractivity contribution in [2.45, 2.75) is 142 Å². The second kappa shape index (κ2) is 21.8. The molecule has 0 aromatic heterocycles. The molecule has 1 rings (SSSR count). The lowest BCUT2D eigenvalue weighted by Gasteiger charge is -2.06. The molecule has 0 radical (unpaired) electrons. The number of hydrogen-bond donors (Lipinski definition) is 2. The highest BCUT2D eigenvalue weighted by Crippen LogP contribution is 2.15. The molecule has 0 bridgehead atoms. The molecule has 182 valence electrons. The number of aliphatic carboxylic acids is 2. The van der Waals surface area contributed by atoms with E-state index in [1.165, 1.54) is 83.5 Å². The van der Waals surface area contributed by atoms with E-state index < -0.39 is 17.9 Å². The van der Waals surface area contributed by atoms with Crippen molar-refractivity contribution in [1.29, 1.82) is 0 Å². The first-order chi connectivity index (χ1) is 15.0. The van der Waals surface area contributed by atoms with Crippen molar-refractivity contribution in [2.24, 2.45) is 5.92 Å². The van der Waals surface area contributed by atoms with Crippen LogP contribution in [-0.2, 0) is 14.4 Å². The maximum Gasteiger partial charge on any atom is 0.317 e. The molecule has 0 aliphatic heterocycles. The van der Waals surface area contributed by atoms with Gasteiger partial charge in [-0.15, -0.1) is 0 Å². The van der Waals surface area contributed by atoms with Crippen LogP contribution in [0.2, 0.25) is 0 Å². The van der Waals surface area contributed by atoms with Crippen LogP contribution in [0.4, 0.5) is 0 Å². The van der Waals surface area contributed by atoms with Gasteiger partial charge in [0.05, 0.1) is 0 Å². The summed E-state index contributed by atoms with van der Waals surface area (Å²) in [5, 5.41) is 17.4. The summed E-state index contributed by atoms with van der Waals surface area (Å²) in [5.41, 5.74) is 0. The van der Waals surface area contributed by atoms with Gasteiger partial charge in [0.25, 0.3) is 0 Å². The first-order valence-electron chi connectivity index (χ1n) is 13.0. The van der Waals surface area contributed by atoms with Crippen LogP contribution in [-0.4, -0.2) is 27.9 Å². The average Bonchev–Trinajstić information content (AvgIpc) is 2.72. The van der Waals surface area contributed by atoms with Crippen molar-refractivity contribution in [3.63, 3.8) is 0 Å². The summed E-state index contributed by atoms with van der Waals surface area (Å²) >= 11 is 0. The summed E-state index contributed by atoms with van der Waals surface area (Å²) in [6.07, 6.45) is 23.9. The third-order valence-corrected chi connectivity index (χ3v) is 6.10. The normalized spacial score (nSPS) is 16.0. The summed E-state index contributed by atoms with van der Waals surface area (Å²) in [6.45, 7) is 2.20. The molecule has 1 fully saturated rings. The standard InChI is InChI=1S/C14H26O4.C12H22O/c1-2-3-4-5-6-7-8-9-10-11-12(13(15)16)14(17)18;13-12-10-8-6-4-2-1-3-5-7-9-11-12/h12H,2-11H2,1H3,(H,15,16)(H,17,18);1-11H2. The van der Waals surface area contributed by atoms with Gasteiger partial charge in [-0.3, -0.25) is 14.4 Å². The SMILES string of the molecule is CCCCCCCCCCCC(C(=O)O)C(=O)O.O=C1CCCCCCCCCCC1. The van der Waals surface area contributed by atoms with E-state index in [4.69, 9.17) is 10.2 Å². The van der Waals surface area contributed by atoms with Crippen LogP contribution in [0, 0.1) is 5.92 Å². The third-order valence-electron chi connectivity index (χ3n) is 6.10. The van der Waals surface area contributed by atoms with Gasteiger partial charge in [-0.2, -0.15) is 0 Å². The molecule has 5 heteroatoms. The molecule has 0 aromatic rings. The molecule has 0 amide bonds. The fourth-order valence-corrected chi connectivity index (χ4v) is 4.02. The number of carboxylic acids is 2. The van der Waals surface area contributed by atoms with Gasteiger partial charge >= 0.3 is 11.9 Å². The second-order valence-electron chi connectivity index (χ2n) is 9.07. The molecule has 1 saturated carbocycles. The van der Waals surface area contributed by atoms with Crippen LogP contribution in [0.3, 0.4) is 0 Å². The van der Waals surface area contributed by atoms with Crippen molar-refractivity contribution in [3.8, 4) is 0 Å². The van der Waals surface area contributed by atoms with Gasteiger partial charge in [0.15, 0.2) is 5.92 Å². The fraction of sp³-hybridized carbons (Fsp3) is 0.885. The van der Waals surface area contributed by atoms with E-state index in [9.17, 15) is 14.4 Å². The van der Waals surface area contributed by atoms with Crippen LogP contribution < -0.4 is 0 Å². The van der Waals surface area contributed by atoms with Crippen LogP contribution in [0.25, 0.3) is 0 Å². The second-order valence-corrected chi connectivity index (χ2v) is 9.07. The summed E-state index contributed by atoms with van der Waals surface area (Å²) in [7, 11) is 0. The Balaban J connectivity index is 0.000000609. The molecular formula is C26H48O5. The predicted molar refractivity (Wildman–Crippen MR) is 126 cm³/mol. The largest absolute Gasteiger partial charge is 0.481 e. The number of rotatable bonds is 12. The quantitative estimate of drug-likeness (QED) is 0.241. The summed E-state index contributed by atoms with van der Waals surface area (Å²) in [6, 6.07) is 0. The maximum absolute atomic E-state index is 11.3. The lowest BCUT2D eigenvalue weighted by molar-refractivity contribution is -0.154. The van der Waals surface area contributed by atoms with Crippen LogP contribution >= 0.6 is 0 Å². The van der Waals surface area contributed by atoms with E-state index in [1.54, 1.807) is 0 Å². The van der Waals surface area contributed by atoms with Crippen LogP contribution in [0.1, 0.15) is 142 Å². The Kier molecular flexibility index (Phi) is 20.8. The van der Waals surface area contributed by atoms with Gasteiger partial charge in [0, 0.05) is 12.8 Å². The van der Waals surface area contributed by atoms with Gasteiger partial charge < -0.3 is 10.2 Å². The first-order valence-corrected chi connectivity index (χ1v) is 13.0. The fourth-order valence-electron chi connectivity index (χ4n) is 4.02. The Bertz CT molecular complexity index is 433. The predicted octanol–water partition coefficient (Wildman–Crippen LogP) is 7.55. The minimum absolute atomic E-state index is 0.250. The number of carboxylic acid groups (broad SMARTS) is 2. The van der Waals surface area contributed by atoms with E-state index in [-0.39, 0.29) is 6.42 Å². The summed E-state index contributed by atoms with van der Waals surface area (Å²) < 4.78 is 0. The van der Waals surface area contributed by atoms with Crippen LogP contribution in [0.5, 0.6) is 0 Å². The van der Waals surface area contributed by atoms with Crippen molar-refractivity contribution < 1.29 is 24.6 Å². The molecular weight excluding hydrogens is 392 g/mol. The van der Waals surface area contributed by atoms with Gasteiger partial charge in [-0.05, 0) is 19.3 Å². The van der Waals surface area contributed by atoms with E-state index in [1.807, 2.05) is 0 Å². The molecule has 0 heterocycles. The number of ketones is 1. The number of carbonyl (C=O) groups is 3. The Morgan fingerprint density at radius 3 is 1.39 bits per heavy atom. The Hall–Kier alpha value is -1.39. The molecule has 1 aliphatic carbocycles. The molecule has 0 spiro atoms. The molecule has 0 unspecified atom stereocenters. The number of Topliss-reactive ketones (excluding diaryl/α,β-unsaturated/α-hetero) is 1. The van der Waals surface area contributed by atoms with Gasteiger partial charge in [-0.25, -0.2) is 0 Å². The number of hydrogen-bond acceptors (Lipinski definition) is 3. The van der Waals surface area contributed by atoms with E-state index in [2.05, 4.69) is 6.92 Å². The molecule has 0 aromatic carbocycles. The van der Waals surface area contributed by atoms with Gasteiger partial charge in [-0.1, -0.05) is 110 Å². The number of carbonyl (C=O) groups excluding carboxylic acids is 1. The molecule has 2 N–H and O–H groups in total. The van der Waals surface area contributed by atoms with E-state index in [0.717, 1.165) is 38.5 Å². The minimum atomic E-state index is -1.23. The molecule has 31 heavy (non-hydrogen) atoms. The molecule has 0 saturated heterocycles. The van der Waals surface area contributed by atoms with Crippen molar-refractivity contribution in [1.82, 2.24) is 0 Å². The minimum Gasteiger partial charge on any atom is -0.481 e. The molecule has 1 aliphatic rings.